The molecule has 0 saturated heterocycles. The molecule has 1 nitrogen and oxygen atoms in total. The van der Waals surface area contributed by atoms with E-state index in [9.17, 15) is 0 Å². The van der Waals surface area contributed by atoms with Gasteiger partial charge < -0.3 is 5.73 Å². The van der Waals surface area contributed by atoms with E-state index in [2.05, 4.69) is 31.2 Å². The zero-order chi connectivity index (χ0) is 14.7. The van der Waals surface area contributed by atoms with E-state index >= 15 is 0 Å². The topological polar surface area (TPSA) is 26.0 Å². The van der Waals surface area contributed by atoms with Crippen molar-refractivity contribution < 1.29 is 0 Å². The van der Waals surface area contributed by atoms with Gasteiger partial charge in [-0.15, -0.1) is 0 Å². The third-order valence-electron chi connectivity index (χ3n) is 6.19. The van der Waals surface area contributed by atoms with Crippen LogP contribution in [0.3, 0.4) is 0 Å². The molecule has 0 atom stereocenters. The molecule has 0 unspecified atom stereocenters. The summed E-state index contributed by atoms with van der Waals surface area (Å²) in [5, 5.41) is 0. The van der Waals surface area contributed by atoms with E-state index in [0.717, 1.165) is 23.7 Å². The zero-order valence-corrected chi connectivity index (χ0v) is 13.6. The fourth-order valence-corrected chi connectivity index (χ4v) is 4.61. The Morgan fingerprint density at radius 1 is 0.810 bits per heavy atom. The maximum Gasteiger partial charge on any atom is 0.0178 e. The van der Waals surface area contributed by atoms with Gasteiger partial charge in [0, 0.05) is 6.54 Å². The van der Waals surface area contributed by atoms with E-state index in [1.807, 2.05) is 0 Å². The lowest BCUT2D eigenvalue weighted by Gasteiger charge is -2.37. The molecular weight excluding hydrogens is 254 g/mol. The summed E-state index contributed by atoms with van der Waals surface area (Å²) in [7, 11) is 0. The first-order valence-electron chi connectivity index (χ1n) is 9.05. The molecule has 116 valence electrons. The minimum absolute atomic E-state index is 0.660. The summed E-state index contributed by atoms with van der Waals surface area (Å²) >= 11 is 0. The average molecular weight is 285 g/mol. The Morgan fingerprint density at radius 2 is 1.33 bits per heavy atom. The first kappa shape index (κ1) is 15.1. The summed E-state index contributed by atoms with van der Waals surface area (Å²) in [5.74, 6) is 3.85. The Morgan fingerprint density at radius 3 is 1.86 bits per heavy atom. The SMILES string of the molecule is CC1CCC(C2CCC(c3ccc(CN)cc3)CC2)CC1. The van der Waals surface area contributed by atoms with Crippen molar-refractivity contribution in [1.82, 2.24) is 0 Å². The zero-order valence-electron chi connectivity index (χ0n) is 13.6. The van der Waals surface area contributed by atoms with Crippen molar-refractivity contribution in [3.05, 3.63) is 35.4 Å². The van der Waals surface area contributed by atoms with Gasteiger partial charge in [-0.1, -0.05) is 44.0 Å². The van der Waals surface area contributed by atoms with Crippen molar-refractivity contribution in [2.24, 2.45) is 23.5 Å². The molecule has 0 heterocycles. The largest absolute Gasteiger partial charge is 0.326 e. The van der Waals surface area contributed by atoms with E-state index in [0.29, 0.717) is 6.54 Å². The van der Waals surface area contributed by atoms with Gasteiger partial charge in [-0.05, 0) is 73.3 Å². The highest BCUT2D eigenvalue weighted by molar-refractivity contribution is 5.25. The van der Waals surface area contributed by atoms with Crippen molar-refractivity contribution >= 4 is 0 Å². The highest BCUT2D eigenvalue weighted by Gasteiger charge is 2.30. The molecule has 21 heavy (non-hydrogen) atoms. The number of rotatable bonds is 3. The Bertz CT molecular complexity index is 420. The van der Waals surface area contributed by atoms with Crippen LogP contribution >= 0.6 is 0 Å². The monoisotopic (exact) mass is 285 g/mol. The number of hydrogen-bond acceptors (Lipinski definition) is 1. The van der Waals surface area contributed by atoms with Crippen LogP contribution < -0.4 is 5.73 Å². The van der Waals surface area contributed by atoms with Crippen LogP contribution in [0.1, 0.15) is 75.3 Å². The third kappa shape index (κ3) is 3.69. The van der Waals surface area contributed by atoms with Crippen LogP contribution in [0.25, 0.3) is 0 Å². The summed E-state index contributed by atoms with van der Waals surface area (Å²) in [6.07, 6.45) is 11.7. The van der Waals surface area contributed by atoms with Crippen LogP contribution in [0.4, 0.5) is 0 Å². The maximum absolute atomic E-state index is 5.69. The third-order valence-corrected chi connectivity index (χ3v) is 6.19. The smallest absolute Gasteiger partial charge is 0.0178 e. The van der Waals surface area contributed by atoms with E-state index in [-0.39, 0.29) is 0 Å². The summed E-state index contributed by atoms with van der Waals surface area (Å²) in [4.78, 5) is 0. The highest BCUT2D eigenvalue weighted by atomic mass is 14.5. The highest BCUT2D eigenvalue weighted by Crippen LogP contribution is 2.43. The van der Waals surface area contributed by atoms with Gasteiger partial charge >= 0.3 is 0 Å². The Labute approximate surface area is 130 Å². The molecule has 1 aromatic carbocycles. The summed E-state index contributed by atoms with van der Waals surface area (Å²) in [6.45, 7) is 3.09. The van der Waals surface area contributed by atoms with E-state index in [1.54, 1.807) is 5.56 Å². The predicted octanol–water partition coefficient (Wildman–Crippen LogP) is 5.25. The average Bonchev–Trinajstić information content (AvgIpc) is 2.56. The van der Waals surface area contributed by atoms with Gasteiger partial charge in [-0.25, -0.2) is 0 Å². The molecule has 1 aromatic rings. The van der Waals surface area contributed by atoms with Crippen LogP contribution in [-0.4, -0.2) is 0 Å². The Kier molecular flexibility index (Phi) is 5.00. The molecule has 3 rings (SSSR count). The van der Waals surface area contributed by atoms with E-state index < -0.39 is 0 Å². The maximum atomic E-state index is 5.69. The number of benzene rings is 1. The van der Waals surface area contributed by atoms with Crippen molar-refractivity contribution in [2.75, 3.05) is 0 Å². The molecular formula is C20H31N. The molecule has 2 aliphatic rings. The van der Waals surface area contributed by atoms with Crippen LogP contribution in [0.2, 0.25) is 0 Å². The van der Waals surface area contributed by atoms with Crippen LogP contribution in [0.15, 0.2) is 24.3 Å². The molecule has 0 amide bonds. The molecule has 0 bridgehead atoms. The van der Waals surface area contributed by atoms with Crippen LogP contribution in [-0.2, 0) is 6.54 Å². The van der Waals surface area contributed by atoms with E-state index in [1.165, 1.54) is 56.9 Å². The first-order valence-corrected chi connectivity index (χ1v) is 9.05. The lowest BCUT2D eigenvalue weighted by atomic mass is 9.68. The van der Waals surface area contributed by atoms with Crippen LogP contribution in [0, 0.1) is 17.8 Å². The molecule has 2 fully saturated rings. The second-order valence-corrected chi connectivity index (χ2v) is 7.58. The van der Waals surface area contributed by atoms with Gasteiger partial charge in [-0.2, -0.15) is 0 Å². The predicted molar refractivity (Wildman–Crippen MR) is 90.2 cm³/mol. The summed E-state index contributed by atoms with van der Waals surface area (Å²) in [6, 6.07) is 9.05. The van der Waals surface area contributed by atoms with Gasteiger partial charge in [0.05, 0.1) is 0 Å². The molecule has 0 spiro atoms. The fraction of sp³-hybridized carbons (Fsp3) is 0.700. The summed E-state index contributed by atoms with van der Waals surface area (Å²) in [5.41, 5.74) is 8.49. The van der Waals surface area contributed by atoms with E-state index in [4.69, 9.17) is 5.73 Å². The second-order valence-electron chi connectivity index (χ2n) is 7.58. The second kappa shape index (κ2) is 6.96. The molecule has 1 heteroatoms. The van der Waals surface area contributed by atoms with Crippen molar-refractivity contribution in [3.63, 3.8) is 0 Å². The van der Waals surface area contributed by atoms with Crippen molar-refractivity contribution in [2.45, 2.75) is 70.8 Å². The van der Waals surface area contributed by atoms with Gasteiger partial charge in [0.15, 0.2) is 0 Å². The minimum Gasteiger partial charge on any atom is -0.326 e. The normalized spacial score (nSPS) is 33.8. The molecule has 2 aliphatic carbocycles. The lowest BCUT2D eigenvalue weighted by molar-refractivity contribution is 0.165. The molecule has 0 aromatic heterocycles. The summed E-state index contributed by atoms with van der Waals surface area (Å²) < 4.78 is 0. The van der Waals surface area contributed by atoms with Crippen LogP contribution in [0.5, 0.6) is 0 Å². The van der Waals surface area contributed by atoms with Gasteiger partial charge in [-0.3, -0.25) is 0 Å². The number of nitrogens with two attached hydrogens (primary N) is 1. The molecule has 0 aliphatic heterocycles. The fourth-order valence-electron chi connectivity index (χ4n) is 4.61. The Balaban J connectivity index is 1.52. The standard InChI is InChI=1S/C20H31N/c1-15-2-6-17(7-3-15)19-10-12-20(13-11-19)18-8-4-16(14-21)5-9-18/h4-5,8-9,15,17,19-20H,2-3,6-7,10-14,21H2,1H3. The van der Waals surface area contributed by atoms with Gasteiger partial charge in [0.1, 0.15) is 0 Å². The lowest BCUT2D eigenvalue weighted by Crippen LogP contribution is -2.24. The molecule has 0 radical (unpaired) electrons. The minimum atomic E-state index is 0.660. The first-order chi connectivity index (χ1) is 10.3. The van der Waals surface area contributed by atoms with Gasteiger partial charge in [0.25, 0.3) is 0 Å². The van der Waals surface area contributed by atoms with Crippen molar-refractivity contribution in [1.29, 1.82) is 0 Å². The molecule has 2 saturated carbocycles. The van der Waals surface area contributed by atoms with Gasteiger partial charge in [0.2, 0.25) is 0 Å². The Hall–Kier alpha value is -0.820. The van der Waals surface area contributed by atoms with Crippen molar-refractivity contribution in [3.8, 4) is 0 Å². The number of hydrogen-bond donors (Lipinski definition) is 1. The molecule has 2 N–H and O–H groups in total. The quantitative estimate of drug-likeness (QED) is 0.807.